The summed E-state index contributed by atoms with van der Waals surface area (Å²) in [5.74, 6) is -0.836. The van der Waals surface area contributed by atoms with Crippen LogP contribution in [0.4, 0.5) is 0 Å². The Hall–Kier alpha value is -2.11. The van der Waals surface area contributed by atoms with Crippen LogP contribution in [0.15, 0.2) is 24.3 Å². The number of hydrogen-bond acceptors (Lipinski definition) is 6. The van der Waals surface area contributed by atoms with Gasteiger partial charge in [-0.15, -0.1) is 0 Å². The Morgan fingerprint density at radius 3 is 0.743 bits per heavy atom. The number of rotatable bonds is 62. The van der Waals surface area contributed by atoms with Crippen LogP contribution in [0.25, 0.3) is 0 Å². The lowest BCUT2D eigenvalue weighted by molar-refractivity contribution is -0.167. The lowest BCUT2D eigenvalue weighted by atomic mass is 10.0. The van der Waals surface area contributed by atoms with E-state index in [1.54, 1.807) is 0 Å². The fourth-order valence-electron chi connectivity index (χ4n) is 10.2. The van der Waals surface area contributed by atoms with Gasteiger partial charge in [-0.25, -0.2) is 0 Å². The molecule has 0 heterocycles. The molecule has 0 saturated heterocycles. The summed E-state index contributed by atoms with van der Waals surface area (Å²) < 4.78 is 16.9. The summed E-state index contributed by atoms with van der Waals surface area (Å²) in [5.41, 5.74) is 0. The molecule has 0 aromatic carbocycles. The molecule has 0 amide bonds. The molecule has 0 radical (unpaired) electrons. The second-order valence-corrected chi connectivity index (χ2v) is 22.7. The summed E-state index contributed by atoms with van der Waals surface area (Å²) in [5, 5.41) is 0. The SMILES string of the molecule is CCCCCCC/C=C\C/C=C\CCCCCCCCCCCCCCCCCCCCCC(=O)OCC(COC(=O)CCCCCCCCCCCCC)OC(=O)CCCCCCCCCCCCCCCC. The van der Waals surface area contributed by atoms with Crippen molar-refractivity contribution in [3.05, 3.63) is 24.3 Å². The number of carbonyl (C=O) groups is 3. The smallest absolute Gasteiger partial charge is 0.306 e. The zero-order valence-electron chi connectivity index (χ0n) is 50.1. The predicted octanol–water partition coefficient (Wildman–Crippen LogP) is 22.6. The summed E-state index contributed by atoms with van der Waals surface area (Å²) in [6, 6.07) is 0. The first kappa shape index (κ1) is 71.9. The Balaban J connectivity index is 4.06. The van der Waals surface area contributed by atoms with Gasteiger partial charge >= 0.3 is 17.9 Å². The molecule has 0 aliphatic carbocycles. The van der Waals surface area contributed by atoms with E-state index in [9.17, 15) is 14.4 Å². The van der Waals surface area contributed by atoms with Crippen LogP contribution in [0.1, 0.15) is 374 Å². The average molecular weight is 1040 g/mol. The predicted molar refractivity (Wildman–Crippen MR) is 321 cm³/mol. The van der Waals surface area contributed by atoms with Gasteiger partial charge in [-0.2, -0.15) is 0 Å². The highest BCUT2D eigenvalue weighted by Crippen LogP contribution is 2.18. The van der Waals surface area contributed by atoms with E-state index in [0.29, 0.717) is 19.3 Å². The number of carbonyl (C=O) groups excluding carboxylic acids is 3. The van der Waals surface area contributed by atoms with Crippen molar-refractivity contribution in [3.63, 3.8) is 0 Å². The molecule has 6 heteroatoms. The maximum Gasteiger partial charge on any atom is 0.306 e. The number of unbranched alkanes of at least 4 members (excludes halogenated alkanes) is 47. The Bertz CT molecular complexity index is 1190. The van der Waals surface area contributed by atoms with Gasteiger partial charge in [-0.3, -0.25) is 14.4 Å². The fraction of sp³-hybridized carbons (Fsp3) is 0.897. The van der Waals surface area contributed by atoms with Gasteiger partial charge in [0.05, 0.1) is 0 Å². The van der Waals surface area contributed by atoms with Gasteiger partial charge in [-0.05, 0) is 51.4 Å². The van der Waals surface area contributed by atoms with Crippen LogP contribution in [0.3, 0.4) is 0 Å². The molecular formula is C68H128O6. The first-order chi connectivity index (χ1) is 36.5. The highest BCUT2D eigenvalue weighted by Gasteiger charge is 2.19. The number of allylic oxidation sites excluding steroid dienone is 4. The highest BCUT2D eigenvalue weighted by atomic mass is 16.6. The van der Waals surface area contributed by atoms with Crippen LogP contribution >= 0.6 is 0 Å². The molecule has 0 fully saturated rings. The van der Waals surface area contributed by atoms with E-state index in [0.717, 1.165) is 64.2 Å². The van der Waals surface area contributed by atoms with Crippen LogP contribution in [0.2, 0.25) is 0 Å². The topological polar surface area (TPSA) is 78.9 Å². The van der Waals surface area contributed by atoms with E-state index in [4.69, 9.17) is 14.2 Å². The van der Waals surface area contributed by atoms with Gasteiger partial charge in [0, 0.05) is 19.3 Å². The lowest BCUT2D eigenvalue weighted by Gasteiger charge is -2.18. The van der Waals surface area contributed by atoms with E-state index < -0.39 is 6.10 Å². The van der Waals surface area contributed by atoms with Crippen molar-refractivity contribution in [1.82, 2.24) is 0 Å². The van der Waals surface area contributed by atoms with Crippen LogP contribution in [0.5, 0.6) is 0 Å². The second kappa shape index (κ2) is 63.4. The van der Waals surface area contributed by atoms with E-state index >= 15 is 0 Å². The van der Waals surface area contributed by atoms with Crippen LogP contribution in [-0.2, 0) is 28.6 Å². The first-order valence-corrected chi connectivity index (χ1v) is 33.3. The molecule has 0 rings (SSSR count). The third-order valence-corrected chi connectivity index (χ3v) is 15.2. The summed E-state index contributed by atoms with van der Waals surface area (Å²) in [6.45, 7) is 6.68. The van der Waals surface area contributed by atoms with Crippen molar-refractivity contribution in [1.29, 1.82) is 0 Å². The minimum Gasteiger partial charge on any atom is -0.462 e. The van der Waals surface area contributed by atoms with Crippen molar-refractivity contribution in [2.45, 2.75) is 380 Å². The maximum atomic E-state index is 12.9. The molecule has 0 bridgehead atoms. The quantitative estimate of drug-likeness (QED) is 0.0261. The molecule has 436 valence electrons. The van der Waals surface area contributed by atoms with Gasteiger partial charge in [0.2, 0.25) is 0 Å². The fourth-order valence-corrected chi connectivity index (χ4v) is 10.2. The van der Waals surface area contributed by atoms with Crippen LogP contribution in [0, 0.1) is 0 Å². The second-order valence-electron chi connectivity index (χ2n) is 22.7. The number of esters is 3. The molecule has 0 aliphatic heterocycles. The Morgan fingerprint density at radius 2 is 0.486 bits per heavy atom. The third-order valence-electron chi connectivity index (χ3n) is 15.2. The van der Waals surface area contributed by atoms with Crippen molar-refractivity contribution < 1.29 is 28.6 Å². The van der Waals surface area contributed by atoms with Crippen molar-refractivity contribution in [2.75, 3.05) is 13.2 Å². The zero-order valence-corrected chi connectivity index (χ0v) is 50.1. The summed E-state index contributed by atoms with van der Waals surface area (Å²) >= 11 is 0. The normalized spacial score (nSPS) is 12.1. The third kappa shape index (κ3) is 60.8. The van der Waals surface area contributed by atoms with E-state index in [1.165, 1.54) is 270 Å². The number of hydrogen-bond donors (Lipinski definition) is 0. The Kier molecular flexibility index (Phi) is 61.6. The van der Waals surface area contributed by atoms with Crippen molar-refractivity contribution in [2.24, 2.45) is 0 Å². The Morgan fingerprint density at radius 1 is 0.270 bits per heavy atom. The maximum absolute atomic E-state index is 12.9. The molecule has 0 saturated carbocycles. The van der Waals surface area contributed by atoms with Gasteiger partial charge in [0.1, 0.15) is 13.2 Å². The largest absolute Gasteiger partial charge is 0.462 e. The Labute approximate surface area is 462 Å². The minimum absolute atomic E-state index is 0.0636. The molecule has 0 spiro atoms. The monoisotopic (exact) mass is 1040 g/mol. The van der Waals surface area contributed by atoms with Crippen molar-refractivity contribution >= 4 is 17.9 Å². The summed E-state index contributed by atoms with van der Waals surface area (Å²) in [7, 11) is 0. The first-order valence-electron chi connectivity index (χ1n) is 33.3. The minimum atomic E-state index is -0.764. The van der Waals surface area contributed by atoms with E-state index in [1.807, 2.05) is 0 Å². The highest BCUT2D eigenvalue weighted by molar-refractivity contribution is 5.71. The van der Waals surface area contributed by atoms with Crippen LogP contribution in [-0.4, -0.2) is 37.2 Å². The molecular weight excluding hydrogens is 913 g/mol. The van der Waals surface area contributed by atoms with Gasteiger partial charge in [0.15, 0.2) is 6.10 Å². The molecule has 1 unspecified atom stereocenters. The summed E-state index contributed by atoms with van der Waals surface area (Å²) in [6.07, 6.45) is 76.4. The van der Waals surface area contributed by atoms with Gasteiger partial charge < -0.3 is 14.2 Å². The van der Waals surface area contributed by atoms with Gasteiger partial charge in [0.25, 0.3) is 0 Å². The lowest BCUT2D eigenvalue weighted by Crippen LogP contribution is -2.30. The molecule has 0 aromatic rings. The molecule has 1 atom stereocenters. The molecule has 0 aliphatic rings. The van der Waals surface area contributed by atoms with E-state index in [-0.39, 0.29) is 31.1 Å². The average Bonchev–Trinajstić information content (AvgIpc) is 3.40. The number of ether oxygens (including phenoxy) is 3. The molecule has 0 N–H and O–H groups in total. The molecule has 0 aromatic heterocycles. The molecule has 6 nitrogen and oxygen atoms in total. The zero-order chi connectivity index (χ0) is 53.6. The van der Waals surface area contributed by atoms with Gasteiger partial charge in [-0.1, -0.05) is 328 Å². The summed E-state index contributed by atoms with van der Waals surface area (Å²) in [4.78, 5) is 38.2. The van der Waals surface area contributed by atoms with Crippen molar-refractivity contribution in [3.8, 4) is 0 Å². The molecule has 74 heavy (non-hydrogen) atoms. The standard InChI is InChI=1S/C68H128O6/c1-4-7-10-13-16-19-22-24-26-27-28-29-30-31-32-33-34-35-36-37-38-39-40-41-42-44-46-49-52-55-58-61-67(70)73-64-65(63-72-66(69)60-57-54-51-48-45-21-18-15-12-9-6-3)74-68(71)62-59-56-53-50-47-43-25-23-20-17-14-11-8-5-2/h22,24,27-28,65H,4-21,23,25-26,29-64H2,1-3H3/b24-22-,28-27-. The van der Waals surface area contributed by atoms with Crippen LogP contribution < -0.4 is 0 Å². The van der Waals surface area contributed by atoms with E-state index in [2.05, 4.69) is 45.1 Å².